The van der Waals surface area contributed by atoms with Crippen molar-refractivity contribution in [3.63, 3.8) is 0 Å². The molecule has 0 saturated carbocycles. The predicted molar refractivity (Wildman–Crippen MR) is 86.1 cm³/mol. The minimum Gasteiger partial charge on any atom is -0.394 e. The number of anilines is 2. The topological polar surface area (TPSA) is 47.1 Å². The second-order valence-corrected chi connectivity index (χ2v) is 7.53. The molecule has 0 radical (unpaired) electrons. The van der Waals surface area contributed by atoms with Crippen molar-refractivity contribution < 1.29 is 0 Å². The van der Waals surface area contributed by atoms with Crippen LogP contribution in [0.2, 0.25) is 0 Å². The highest BCUT2D eigenvalue weighted by Crippen LogP contribution is 2.38. The number of nitrogens with zero attached hydrogens (tertiary/aromatic N) is 3. The minimum atomic E-state index is 0.377. The van der Waals surface area contributed by atoms with Gasteiger partial charge < -0.3 is 10.6 Å². The molecule has 1 fully saturated rings. The van der Waals surface area contributed by atoms with E-state index in [0.717, 1.165) is 36.2 Å². The summed E-state index contributed by atoms with van der Waals surface area (Å²) in [5.41, 5.74) is 8.64. The first-order valence-corrected chi connectivity index (χ1v) is 7.79. The Kier molecular flexibility index (Phi) is 4.03. The van der Waals surface area contributed by atoms with Gasteiger partial charge in [0, 0.05) is 20.1 Å². The molecule has 2 N–H and O–H groups in total. The van der Waals surface area contributed by atoms with Crippen LogP contribution in [0.25, 0.3) is 0 Å². The number of nitrogen functional groups attached to an aromatic ring is 1. The van der Waals surface area contributed by atoms with Gasteiger partial charge in [-0.05, 0) is 30.1 Å². The number of aromatic nitrogens is 2. The van der Waals surface area contributed by atoms with Gasteiger partial charge in [0.2, 0.25) is 0 Å². The first kappa shape index (κ1) is 15.2. The summed E-state index contributed by atoms with van der Waals surface area (Å²) in [5.74, 6) is 2.29. The zero-order valence-electron chi connectivity index (χ0n) is 13.9. The maximum Gasteiger partial charge on any atom is 0.150 e. The summed E-state index contributed by atoms with van der Waals surface area (Å²) in [7, 11) is 2.01. The average molecular weight is 278 g/mol. The average Bonchev–Trinajstić information content (AvgIpc) is 2.64. The van der Waals surface area contributed by atoms with Crippen LogP contribution in [-0.4, -0.2) is 22.9 Å². The lowest BCUT2D eigenvalue weighted by atomic mass is 9.75. The molecule has 0 aromatic carbocycles. The molecule has 1 aromatic rings. The molecule has 4 heteroatoms. The molecule has 0 unspecified atom stereocenters. The van der Waals surface area contributed by atoms with E-state index in [1.54, 1.807) is 0 Å². The van der Waals surface area contributed by atoms with Crippen molar-refractivity contribution in [2.45, 2.75) is 53.4 Å². The summed E-state index contributed by atoms with van der Waals surface area (Å²) in [4.78, 5) is 2.41. The molecule has 2 heterocycles. The van der Waals surface area contributed by atoms with Crippen LogP contribution < -0.4 is 10.6 Å². The molecule has 1 aliphatic rings. The smallest absolute Gasteiger partial charge is 0.150 e. The zero-order chi connectivity index (χ0) is 15.1. The fraction of sp³-hybridized carbons (Fsp3) is 0.812. The van der Waals surface area contributed by atoms with Crippen LogP contribution in [0.15, 0.2) is 0 Å². The van der Waals surface area contributed by atoms with E-state index in [0.29, 0.717) is 11.3 Å². The fourth-order valence-corrected chi connectivity index (χ4v) is 3.31. The van der Waals surface area contributed by atoms with E-state index in [1.807, 2.05) is 11.7 Å². The standard InChI is InChI=1S/C16H30N4/c1-11(2)14-13(17)15(19(6)18-14)20-9-7-12(8-10-20)16(3,4)5/h11-12H,7-10,17H2,1-6H3. The van der Waals surface area contributed by atoms with Crippen molar-refractivity contribution in [1.82, 2.24) is 9.78 Å². The van der Waals surface area contributed by atoms with Crippen LogP contribution in [0.4, 0.5) is 11.5 Å². The lowest BCUT2D eigenvalue weighted by molar-refractivity contribution is 0.198. The highest BCUT2D eigenvalue weighted by molar-refractivity contribution is 5.67. The van der Waals surface area contributed by atoms with Gasteiger partial charge in [-0.1, -0.05) is 34.6 Å². The summed E-state index contributed by atoms with van der Waals surface area (Å²) in [6.07, 6.45) is 2.48. The maximum atomic E-state index is 6.33. The second-order valence-electron chi connectivity index (χ2n) is 7.53. The summed E-state index contributed by atoms with van der Waals surface area (Å²) in [5, 5.41) is 4.60. The molecule has 1 aliphatic heterocycles. The van der Waals surface area contributed by atoms with E-state index in [-0.39, 0.29) is 0 Å². The second kappa shape index (κ2) is 5.30. The number of rotatable bonds is 2. The third kappa shape index (κ3) is 2.79. The molecule has 0 spiro atoms. The fourth-order valence-electron chi connectivity index (χ4n) is 3.31. The maximum absolute atomic E-state index is 6.33. The lowest BCUT2D eigenvalue weighted by Crippen LogP contribution is -2.39. The van der Waals surface area contributed by atoms with E-state index < -0.39 is 0 Å². The Hall–Kier alpha value is -1.19. The Morgan fingerprint density at radius 1 is 1.20 bits per heavy atom. The molecule has 114 valence electrons. The van der Waals surface area contributed by atoms with Gasteiger partial charge in [-0.2, -0.15) is 5.10 Å². The molecular formula is C16H30N4. The SMILES string of the molecule is CC(C)c1nn(C)c(N2CCC(C(C)(C)C)CC2)c1N. The number of nitrogens with two attached hydrogens (primary N) is 1. The molecular weight excluding hydrogens is 248 g/mol. The van der Waals surface area contributed by atoms with Crippen molar-refractivity contribution in [3.05, 3.63) is 5.69 Å². The van der Waals surface area contributed by atoms with E-state index >= 15 is 0 Å². The van der Waals surface area contributed by atoms with Crippen molar-refractivity contribution in [2.24, 2.45) is 18.4 Å². The van der Waals surface area contributed by atoms with Crippen molar-refractivity contribution in [1.29, 1.82) is 0 Å². The first-order chi connectivity index (χ1) is 9.21. The molecule has 0 atom stereocenters. The molecule has 4 nitrogen and oxygen atoms in total. The molecule has 1 aromatic heterocycles. The van der Waals surface area contributed by atoms with Crippen LogP contribution in [0, 0.1) is 11.3 Å². The number of hydrogen-bond acceptors (Lipinski definition) is 3. The largest absolute Gasteiger partial charge is 0.394 e. The van der Waals surface area contributed by atoms with Crippen LogP contribution in [0.5, 0.6) is 0 Å². The first-order valence-electron chi connectivity index (χ1n) is 7.79. The van der Waals surface area contributed by atoms with Gasteiger partial charge in [0.15, 0.2) is 0 Å². The number of hydrogen-bond donors (Lipinski definition) is 1. The predicted octanol–water partition coefficient (Wildman–Crippen LogP) is 3.39. The summed E-state index contributed by atoms with van der Waals surface area (Å²) < 4.78 is 1.96. The highest BCUT2D eigenvalue weighted by Gasteiger charge is 2.31. The summed E-state index contributed by atoms with van der Waals surface area (Å²) in [6.45, 7) is 13.5. The van der Waals surface area contributed by atoms with Gasteiger partial charge >= 0.3 is 0 Å². The Morgan fingerprint density at radius 2 is 1.75 bits per heavy atom. The van der Waals surface area contributed by atoms with Crippen molar-refractivity contribution >= 4 is 11.5 Å². The van der Waals surface area contributed by atoms with Crippen LogP contribution in [0.1, 0.15) is 59.1 Å². The number of piperidine rings is 1. The Balaban J connectivity index is 2.15. The van der Waals surface area contributed by atoms with E-state index in [1.165, 1.54) is 12.8 Å². The zero-order valence-corrected chi connectivity index (χ0v) is 13.9. The molecule has 20 heavy (non-hydrogen) atoms. The molecule has 2 rings (SSSR count). The molecule has 0 amide bonds. The Bertz CT molecular complexity index is 460. The van der Waals surface area contributed by atoms with Crippen molar-refractivity contribution in [2.75, 3.05) is 23.7 Å². The number of aryl methyl sites for hydroxylation is 1. The van der Waals surface area contributed by atoms with Gasteiger partial charge in [-0.25, -0.2) is 0 Å². The minimum absolute atomic E-state index is 0.377. The van der Waals surface area contributed by atoms with Gasteiger partial charge in [-0.15, -0.1) is 0 Å². The van der Waals surface area contributed by atoms with E-state index in [9.17, 15) is 0 Å². The summed E-state index contributed by atoms with van der Waals surface area (Å²) in [6, 6.07) is 0. The molecule has 0 bridgehead atoms. The van der Waals surface area contributed by atoms with Crippen molar-refractivity contribution in [3.8, 4) is 0 Å². The van der Waals surface area contributed by atoms with Crippen LogP contribution >= 0.6 is 0 Å². The normalized spacial score (nSPS) is 18.1. The van der Waals surface area contributed by atoms with Gasteiger partial charge in [0.05, 0.1) is 11.4 Å². The van der Waals surface area contributed by atoms with Crippen LogP contribution in [0.3, 0.4) is 0 Å². The third-order valence-corrected chi connectivity index (χ3v) is 4.65. The van der Waals surface area contributed by atoms with E-state index in [4.69, 9.17) is 5.73 Å². The quantitative estimate of drug-likeness (QED) is 0.902. The summed E-state index contributed by atoms with van der Waals surface area (Å²) >= 11 is 0. The molecule has 0 aliphatic carbocycles. The third-order valence-electron chi connectivity index (χ3n) is 4.65. The Labute approximate surface area is 123 Å². The van der Waals surface area contributed by atoms with Gasteiger partial charge in [0.1, 0.15) is 5.82 Å². The Morgan fingerprint density at radius 3 is 2.15 bits per heavy atom. The van der Waals surface area contributed by atoms with Gasteiger partial charge in [0.25, 0.3) is 0 Å². The van der Waals surface area contributed by atoms with Crippen LogP contribution in [-0.2, 0) is 7.05 Å². The highest BCUT2D eigenvalue weighted by atomic mass is 15.4. The van der Waals surface area contributed by atoms with Gasteiger partial charge in [-0.3, -0.25) is 4.68 Å². The molecule has 1 saturated heterocycles. The lowest BCUT2D eigenvalue weighted by Gasteiger charge is -2.39. The van der Waals surface area contributed by atoms with E-state index in [2.05, 4.69) is 44.6 Å². The monoisotopic (exact) mass is 278 g/mol.